The van der Waals surface area contributed by atoms with Gasteiger partial charge >= 0.3 is 5.97 Å². The molecule has 2 atom stereocenters. The number of rotatable bonds is 13. The van der Waals surface area contributed by atoms with Gasteiger partial charge in [-0.25, -0.2) is 14.2 Å². The highest BCUT2D eigenvalue weighted by Gasteiger charge is 2.24. The molecule has 1 aromatic heterocycles. The molecule has 0 saturated heterocycles. The Kier molecular flexibility index (Phi) is 14.2. The van der Waals surface area contributed by atoms with Crippen LogP contribution in [0.2, 0.25) is 0 Å². The molecule has 4 N–H and O–H groups in total. The van der Waals surface area contributed by atoms with Crippen LogP contribution < -0.4 is 16.0 Å². The standard InChI is InChI=1S/C25H30Cl2FN5O3.2ClH/c1-32-22-8-6-18(33(12-10-26)13-11-27)15-20(22)30-23(32)9-7-19(29)24(34)31-21(25(35)36)14-16-2-4-17(28)5-3-16;;/h2-6,8,15,19,21H,7,9-14,29H2,1H3,(H,31,34)(H,35,36);2*1H/t19-,21-;;/m0../s1. The van der Waals surface area contributed by atoms with Gasteiger partial charge in [-0.3, -0.25) is 4.79 Å². The number of alkyl halides is 2. The van der Waals surface area contributed by atoms with E-state index in [4.69, 9.17) is 33.9 Å². The highest BCUT2D eigenvalue weighted by atomic mass is 35.5. The third kappa shape index (κ3) is 8.88. The van der Waals surface area contributed by atoms with Gasteiger partial charge in [0, 0.05) is 50.4 Å². The molecule has 3 rings (SSSR count). The minimum absolute atomic E-state index is 0. The number of carbonyl (C=O) groups is 2. The van der Waals surface area contributed by atoms with Crippen LogP contribution in [-0.2, 0) is 29.5 Å². The quantitative estimate of drug-likeness (QED) is 0.253. The highest BCUT2D eigenvalue weighted by molar-refractivity contribution is 6.18. The van der Waals surface area contributed by atoms with Crippen LogP contribution in [-0.4, -0.2) is 63.5 Å². The SMILES string of the molecule is Cl.Cl.Cn1c(CC[C@H](N)C(=O)N[C@@H](Cc2ccc(F)cc2)C(=O)O)nc2cc(N(CCCl)CCCl)ccc21. The van der Waals surface area contributed by atoms with Gasteiger partial charge in [0.15, 0.2) is 0 Å². The maximum absolute atomic E-state index is 13.1. The van der Waals surface area contributed by atoms with Gasteiger partial charge in [-0.15, -0.1) is 48.0 Å². The smallest absolute Gasteiger partial charge is 0.326 e. The van der Waals surface area contributed by atoms with Crippen molar-refractivity contribution in [3.63, 3.8) is 0 Å². The Hall–Kier alpha value is -2.30. The van der Waals surface area contributed by atoms with Crippen LogP contribution in [0.15, 0.2) is 42.5 Å². The van der Waals surface area contributed by atoms with E-state index in [0.29, 0.717) is 36.8 Å². The second kappa shape index (κ2) is 16.0. The molecule has 210 valence electrons. The second-order valence-electron chi connectivity index (χ2n) is 8.50. The molecule has 1 heterocycles. The lowest BCUT2D eigenvalue weighted by atomic mass is 10.0. The average molecular weight is 611 g/mol. The number of imidazole rings is 1. The maximum atomic E-state index is 13.1. The number of nitrogens with two attached hydrogens (primary N) is 1. The summed E-state index contributed by atoms with van der Waals surface area (Å²) < 4.78 is 15.1. The van der Waals surface area contributed by atoms with Crippen molar-refractivity contribution >= 4 is 76.6 Å². The van der Waals surface area contributed by atoms with Crippen molar-refractivity contribution in [3.05, 3.63) is 59.7 Å². The molecule has 8 nitrogen and oxygen atoms in total. The third-order valence-corrected chi connectivity index (χ3v) is 6.35. The molecule has 0 radical (unpaired) electrons. The predicted octanol–water partition coefficient (Wildman–Crippen LogP) is 3.91. The maximum Gasteiger partial charge on any atom is 0.326 e. The Bertz CT molecular complexity index is 1190. The molecule has 0 aliphatic rings. The molecule has 0 fully saturated rings. The van der Waals surface area contributed by atoms with Crippen molar-refractivity contribution in [2.45, 2.75) is 31.3 Å². The van der Waals surface area contributed by atoms with Crippen LogP contribution in [0.25, 0.3) is 11.0 Å². The summed E-state index contributed by atoms with van der Waals surface area (Å²) >= 11 is 11.9. The van der Waals surface area contributed by atoms with Crippen molar-refractivity contribution in [3.8, 4) is 0 Å². The van der Waals surface area contributed by atoms with E-state index in [1.807, 2.05) is 29.8 Å². The number of nitrogens with zero attached hydrogens (tertiary/aromatic N) is 3. The number of aromatic nitrogens is 2. The first-order valence-corrected chi connectivity index (χ1v) is 12.7. The molecule has 13 heteroatoms. The van der Waals surface area contributed by atoms with Crippen molar-refractivity contribution in [2.75, 3.05) is 29.7 Å². The summed E-state index contributed by atoms with van der Waals surface area (Å²) in [4.78, 5) is 31.1. The second-order valence-corrected chi connectivity index (χ2v) is 9.26. The zero-order chi connectivity index (χ0) is 26.2. The number of fused-ring (bicyclic) bond motifs is 1. The summed E-state index contributed by atoms with van der Waals surface area (Å²) in [5.41, 5.74) is 9.39. The first-order valence-electron chi connectivity index (χ1n) is 11.6. The molecule has 0 spiro atoms. The minimum atomic E-state index is -1.19. The summed E-state index contributed by atoms with van der Waals surface area (Å²) in [6.45, 7) is 1.34. The monoisotopic (exact) mass is 609 g/mol. The zero-order valence-corrected chi connectivity index (χ0v) is 23.9. The van der Waals surface area contributed by atoms with Gasteiger partial charge in [0.05, 0.1) is 17.1 Å². The van der Waals surface area contributed by atoms with Crippen LogP contribution in [0.3, 0.4) is 0 Å². The van der Waals surface area contributed by atoms with Gasteiger partial charge in [0.25, 0.3) is 0 Å². The number of hydrogen-bond acceptors (Lipinski definition) is 5. The fraction of sp³-hybridized carbons (Fsp3) is 0.400. The van der Waals surface area contributed by atoms with Gasteiger partial charge in [0.2, 0.25) is 5.91 Å². The average Bonchev–Trinajstić information content (AvgIpc) is 3.17. The Morgan fingerprint density at radius 3 is 2.34 bits per heavy atom. The number of carboxylic acid groups (broad SMARTS) is 1. The third-order valence-electron chi connectivity index (χ3n) is 6.01. The van der Waals surface area contributed by atoms with Crippen LogP contribution in [0.1, 0.15) is 17.8 Å². The van der Waals surface area contributed by atoms with E-state index in [1.165, 1.54) is 24.3 Å². The molecular formula is C25H32Cl4FN5O3. The summed E-state index contributed by atoms with van der Waals surface area (Å²) in [7, 11) is 1.90. The number of carbonyl (C=O) groups excluding carboxylic acids is 1. The summed E-state index contributed by atoms with van der Waals surface area (Å²) in [6.07, 6.45) is 0.729. The number of benzene rings is 2. The van der Waals surface area contributed by atoms with Gasteiger partial charge in [-0.05, 0) is 42.3 Å². The van der Waals surface area contributed by atoms with Crippen LogP contribution in [0.5, 0.6) is 0 Å². The van der Waals surface area contributed by atoms with Gasteiger partial charge in [-0.2, -0.15) is 0 Å². The van der Waals surface area contributed by atoms with Crippen LogP contribution >= 0.6 is 48.0 Å². The van der Waals surface area contributed by atoms with Crippen molar-refractivity contribution in [1.29, 1.82) is 0 Å². The molecule has 3 aromatic rings. The molecule has 38 heavy (non-hydrogen) atoms. The van der Waals surface area contributed by atoms with Gasteiger partial charge < -0.3 is 25.6 Å². The number of carboxylic acids is 1. The Morgan fingerprint density at radius 2 is 1.76 bits per heavy atom. The zero-order valence-electron chi connectivity index (χ0n) is 20.8. The lowest BCUT2D eigenvalue weighted by Gasteiger charge is -2.22. The summed E-state index contributed by atoms with van der Waals surface area (Å²) in [5.74, 6) is -0.457. The van der Waals surface area contributed by atoms with E-state index in [1.54, 1.807) is 0 Å². The van der Waals surface area contributed by atoms with E-state index < -0.39 is 29.8 Å². The van der Waals surface area contributed by atoms with E-state index in [9.17, 15) is 19.1 Å². The number of anilines is 1. The molecule has 2 aromatic carbocycles. The minimum Gasteiger partial charge on any atom is -0.480 e. The molecule has 0 aliphatic heterocycles. The molecular weight excluding hydrogens is 579 g/mol. The van der Waals surface area contributed by atoms with Gasteiger partial charge in [0.1, 0.15) is 17.7 Å². The molecule has 1 amide bonds. The topological polar surface area (TPSA) is 113 Å². The van der Waals surface area contributed by atoms with E-state index in [-0.39, 0.29) is 37.7 Å². The summed E-state index contributed by atoms with van der Waals surface area (Å²) in [6, 6.07) is 9.33. The predicted molar refractivity (Wildman–Crippen MR) is 155 cm³/mol. The molecule has 0 unspecified atom stereocenters. The van der Waals surface area contributed by atoms with Crippen molar-refractivity contribution < 1.29 is 19.1 Å². The number of aryl methyl sites for hydroxylation is 2. The van der Waals surface area contributed by atoms with E-state index in [0.717, 1.165) is 22.5 Å². The van der Waals surface area contributed by atoms with Crippen molar-refractivity contribution in [1.82, 2.24) is 14.9 Å². The molecule has 0 bridgehead atoms. The summed E-state index contributed by atoms with van der Waals surface area (Å²) in [5, 5.41) is 12.0. The number of hydrogen-bond donors (Lipinski definition) is 3. The molecule has 0 saturated carbocycles. The largest absolute Gasteiger partial charge is 0.480 e. The number of halogens is 5. The molecule has 0 aliphatic carbocycles. The Labute approximate surface area is 243 Å². The highest BCUT2D eigenvalue weighted by Crippen LogP contribution is 2.23. The van der Waals surface area contributed by atoms with Crippen LogP contribution in [0.4, 0.5) is 10.1 Å². The lowest BCUT2D eigenvalue weighted by Crippen LogP contribution is -2.49. The fourth-order valence-electron chi connectivity index (χ4n) is 3.98. The van der Waals surface area contributed by atoms with E-state index in [2.05, 4.69) is 10.2 Å². The lowest BCUT2D eigenvalue weighted by molar-refractivity contribution is -0.142. The number of aliphatic carboxylic acids is 1. The normalized spacial score (nSPS) is 12.2. The van der Waals surface area contributed by atoms with Crippen molar-refractivity contribution in [2.24, 2.45) is 12.8 Å². The first-order chi connectivity index (χ1) is 17.2. The first kappa shape index (κ1) is 33.7. The number of nitrogens with one attached hydrogen (secondary N) is 1. The fourth-order valence-corrected chi connectivity index (χ4v) is 4.39. The Morgan fingerprint density at radius 1 is 1.13 bits per heavy atom. The van der Waals surface area contributed by atoms with Crippen LogP contribution in [0, 0.1) is 5.82 Å². The Balaban J connectivity index is 0.00000361. The van der Waals surface area contributed by atoms with E-state index >= 15 is 0 Å². The number of amides is 1. The van der Waals surface area contributed by atoms with Gasteiger partial charge in [-0.1, -0.05) is 12.1 Å².